The van der Waals surface area contributed by atoms with Gasteiger partial charge in [-0.1, -0.05) is 6.07 Å². The average Bonchev–Trinajstić information content (AvgIpc) is 2.60. The van der Waals surface area contributed by atoms with Crippen molar-refractivity contribution in [2.45, 2.75) is 19.4 Å². The second-order valence-corrected chi connectivity index (χ2v) is 5.97. The molecule has 0 spiro atoms. The van der Waals surface area contributed by atoms with Crippen LogP contribution < -0.4 is 5.32 Å². The van der Waals surface area contributed by atoms with Gasteiger partial charge in [0.25, 0.3) is 0 Å². The molecular weight excluding hydrogens is 321 g/mol. The number of likely N-dealkylation sites (tertiary alicyclic amines) is 1. The average molecular weight is 339 g/mol. The number of Topliss-reactive ketones (excluding diaryl/α,β-unsaturated/α-hetero) is 1. The summed E-state index contributed by atoms with van der Waals surface area (Å²) in [5, 5.41) is 2.73. The summed E-state index contributed by atoms with van der Waals surface area (Å²) in [5.74, 6) is -0.348. The summed E-state index contributed by atoms with van der Waals surface area (Å²) in [5.41, 5.74) is 1.73. The van der Waals surface area contributed by atoms with Crippen LogP contribution in [-0.2, 0) is 4.79 Å². The number of nitrogens with zero attached hydrogens (tertiary/aromatic N) is 2. The Labute approximate surface area is 145 Å². The Kier molecular flexibility index (Phi) is 4.88. The number of carbonyl (C=O) groups is 2. The number of hydrogen-bond acceptors (Lipinski definition) is 3. The summed E-state index contributed by atoms with van der Waals surface area (Å²) in [6.07, 6.45) is 3.63. The van der Waals surface area contributed by atoms with Gasteiger partial charge >= 0.3 is 6.03 Å². The molecule has 2 heterocycles. The van der Waals surface area contributed by atoms with E-state index in [0.717, 1.165) is 0 Å². The number of urea groups is 1. The van der Waals surface area contributed by atoms with Gasteiger partial charge in [-0.2, -0.15) is 0 Å². The lowest BCUT2D eigenvalue weighted by Crippen LogP contribution is -2.47. The third kappa shape index (κ3) is 4.09. The molecule has 1 aromatic carbocycles. The SMILES string of the molecule is CC1CC(=O)C(=Cc2ccccn2)CN1C(=O)Nc1ccc(F)cc1. The maximum Gasteiger partial charge on any atom is 0.322 e. The summed E-state index contributed by atoms with van der Waals surface area (Å²) >= 11 is 0. The van der Waals surface area contributed by atoms with E-state index in [1.165, 1.54) is 24.3 Å². The molecule has 25 heavy (non-hydrogen) atoms. The molecule has 6 heteroatoms. The Hall–Kier alpha value is -3.02. The second kappa shape index (κ2) is 7.25. The van der Waals surface area contributed by atoms with Gasteiger partial charge in [0.1, 0.15) is 5.82 Å². The highest BCUT2D eigenvalue weighted by molar-refractivity contribution is 6.02. The summed E-state index contributed by atoms with van der Waals surface area (Å²) in [4.78, 5) is 30.6. The van der Waals surface area contributed by atoms with E-state index in [2.05, 4.69) is 10.3 Å². The molecule has 3 rings (SSSR count). The van der Waals surface area contributed by atoms with Gasteiger partial charge in [0.2, 0.25) is 0 Å². The van der Waals surface area contributed by atoms with Gasteiger partial charge in [-0.15, -0.1) is 0 Å². The fraction of sp³-hybridized carbons (Fsp3) is 0.211. The van der Waals surface area contributed by atoms with Crippen molar-refractivity contribution in [3.8, 4) is 0 Å². The molecule has 5 nitrogen and oxygen atoms in total. The molecule has 2 amide bonds. The predicted octanol–water partition coefficient (Wildman–Crippen LogP) is 3.50. The van der Waals surface area contributed by atoms with Gasteiger partial charge in [-0.05, 0) is 49.4 Å². The van der Waals surface area contributed by atoms with Gasteiger partial charge in [-0.25, -0.2) is 9.18 Å². The molecule has 128 valence electrons. The third-order valence-corrected chi connectivity index (χ3v) is 4.08. The van der Waals surface area contributed by atoms with Crippen molar-refractivity contribution >= 4 is 23.6 Å². The molecule has 0 bridgehead atoms. The largest absolute Gasteiger partial charge is 0.322 e. The molecule has 1 atom stereocenters. The quantitative estimate of drug-likeness (QED) is 0.852. The van der Waals surface area contributed by atoms with Crippen LogP contribution in [-0.4, -0.2) is 34.3 Å². The molecule has 1 aliphatic rings. The van der Waals surface area contributed by atoms with Crippen molar-refractivity contribution in [1.29, 1.82) is 0 Å². The number of halogens is 1. The normalized spacial score (nSPS) is 19.1. The van der Waals surface area contributed by atoms with Gasteiger partial charge < -0.3 is 10.2 Å². The first-order chi connectivity index (χ1) is 12.0. The molecule has 1 N–H and O–H groups in total. The molecule has 0 aliphatic carbocycles. The number of rotatable bonds is 2. The van der Waals surface area contributed by atoms with E-state index in [9.17, 15) is 14.0 Å². The highest BCUT2D eigenvalue weighted by Crippen LogP contribution is 2.21. The van der Waals surface area contributed by atoms with Crippen molar-refractivity contribution in [2.24, 2.45) is 0 Å². The molecule has 0 saturated carbocycles. The topological polar surface area (TPSA) is 62.3 Å². The first kappa shape index (κ1) is 16.8. The Morgan fingerprint density at radius 3 is 2.72 bits per heavy atom. The van der Waals surface area contributed by atoms with Crippen LogP contribution in [0, 0.1) is 5.82 Å². The molecule has 1 aliphatic heterocycles. The van der Waals surface area contributed by atoms with Crippen LogP contribution in [0.3, 0.4) is 0 Å². The monoisotopic (exact) mass is 339 g/mol. The van der Waals surface area contributed by atoms with Crippen LogP contribution >= 0.6 is 0 Å². The van der Waals surface area contributed by atoms with Gasteiger partial charge in [0.05, 0.1) is 12.2 Å². The third-order valence-electron chi connectivity index (χ3n) is 4.08. The summed E-state index contributed by atoms with van der Waals surface area (Å²) in [6, 6.07) is 10.5. The summed E-state index contributed by atoms with van der Waals surface area (Å²) in [6.45, 7) is 2.04. The van der Waals surface area contributed by atoms with Crippen LogP contribution in [0.2, 0.25) is 0 Å². The van der Waals surface area contributed by atoms with E-state index in [4.69, 9.17) is 0 Å². The maximum atomic E-state index is 13.0. The lowest BCUT2D eigenvalue weighted by molar-refractivity contribution is -0.117. The lowest BCUT2D eigenvalue weighted by atomic mass is 9.96. The minimum absolute atomic E-state index is 0.0176. The van der Waals surface area contributed by atoms with E-state index < -0.39 is 0 Å². The van der Waals surface area contributed by atoms with E-state index in [1.807, 2.05) is 13.0 Å². The van der Waals surface area contributed by atoms with E-state index in [0.29, 0.717) is 17.0 Å². The van der Waals surface area contributed by atoms with Gasteiger partial charge in [0, 0.05) is 29.9 Å². The molecule has 0 radical (unpaired) electrons. The smallest absolute Gasteiger partial charge is 0.317 e. The van der Waals surface area contributed by atoms with Crippen molar-refractivity contribution in [1.82, 2.24) is 9.88 Å². The first-order valence-corrected chi connectivity index (χ1v) is 8.01. The summed E-state index contributed by atoms with van der Waals surface area (Å²) < 4.78 is 13.0. The number of carbonyl (C=O) groups excluding carboxylic acids is 2. The minimum atomic E-state index is -0.365. The first-order valence-electron chi connectivity index (χ1n) is 8.01. The predicted molar refractivity (Wildman–Crippen MR) is 93.4 cm³/mol. The molecule has 1 fully saturated rings. The molecule has 1 unspecified atom stereocenters. The van der Waals surface area contributed by atoms with Gasteiger partial charge in [0.15, 0.2) is 5.78 Å². The number of nitrogens with one attached hydrogen (secondary N) is 1. The number of aromatic nitrogens is 1. The highest BCUT2D eigenvalue weighted by atomic mass is 19.1. The zero-order valence-electron chi connectivity index (χ0n) is 13.8. The number of anilines is 1. The number of benzene rings is 1. The van der Waals surface area contributed by atoms with Crippen LogP contribution in [0.4, 0.5) is 14.9 Å². The number of amides is 2. The molecular formula is C19H18FN3O2. The standard InChI is InChI=1S/C19H18FN3O2/c1-13-10-18(24)14(11-17-4-2-3-9-21-17)12-23(13)19(25)22-16-7-5-15(20)6-8-16/h2-9,11,13H,10,12H2,1H3,(H,22,25). The zero-order chi connectivity index (χ0) is 17.8. The van der Waals surface area contributed by atoms with Crippen molar-refractivity contribution < 1.29 is 14.0 Å². The van der Waals surface area contributed by atoms with E-state index in [-0.39, 0.29) is 36.6 Å². The van der Waals surface area contributed by atoms with Crippen molar-refractivity contribution in [3.05, 3.63) is 65.7 Å². The van der Waals surface area contributed by atoms with Crippen LogP contribution in [0.15, 0.2) is 54.2 Å². The van der Waals surface area contributed by atoms with E-state index >= 15 is 0 Å². The highest BCUT2D eigenvalue weighted by Gasteiger charge is 2.30. The number of piperidine rings is 1. The Balaban J connectivity index is 1.76. The second-order valence-electron chi connectivity index (χ2n) is 5.97. The number of hydrogen-bond donors (Lipinski definition) is 1. The summed E-state index contributed by atoms with van der Waals surface area (Å²) in [7, 11) is 0. The number of pyridine rings is 1. The molecule has 1 aromatic heterocycles. The molecule has 2 aromatic rings. The maximum absolute atomic E-state index is 13.0. The van der Waals surface area contributed by atoms with Crippen LogP contribution in [0.25, 0.3) is 6.08 Å². The van der Waals surface area contributed by atoms with Crippen LogP contribution in [0.5, 0.6) is 0 Å². The van der Waals surface area contributed by atoms with Crippen molar-refractivity contribution in [3.63, 3.8) is 0 Å². The Morgan fingerprint density at radius 1 is 1.28 bits per heavy atom. The number of ketones is 1. The van der Waals surface area contributed by atoms with E-state index in [1.54, 1.807) is 29.3 Å². The lowest BCUT2D eigenvalue weighted by Gasteiger charge is -2.34. The minimum Gasteiger partial charge on any atom is -0.317 e. The van der Waals surface area contributed by atoms with Crippen LogP contribution in [0.1, 0.15) is 19.0 Å². The Bertz CT molecular complexity index is 803. The van der Waals surface area contributed by atoms with Gasteiger partial charge in [-0.3, -0.25) is 9.78 Å². The van der Waals surface area contributed by atoms with Crippen molar-refractivity contribution in [2.75, 3.05) is 11.9 Å². The Morgan fingerprint density at radius 2 is 2.04 bits per heavy atom. The molecule has 1 saturated heterocycles. The fourth-order valence-electron chi connectivity index (χ4n) is 2.70. The fourth-order valence-corrected chi connectivity index (χ4v) is 2.70. The zero-order valence-corrected chi connectivity index (χ0v) is 13.8.